The summed E-state index contributed by atoms with van der Waals surface area (Å²) in [6.07, 6.45) is 6.38. The first kappa shape index (κ1) is 26.4. The van der Waals surface area contributed by atoms with Gasteiger partial charge in [0.15, 0.2) is 5.96 Å². The van der Waals surface area contributed by atoms with Crippen LogP contribution in [0.2, 0.25) is 0 Å². The fourth-order valence-corrected chi connectivity index (χ4v) is 3.30. The van der Waals surface area contributed by atoms with Crippen molar-refractivity contribution in [1.29, 1.82) is 0 Å². The third kappa shape index (κ3) is 8.53. The van der Waals surface area contributed by atoms with E-state index in [0.29, 0.717) is 12.1 Å². The lowest BCUT2D eigenvalue weighted by atomic mass is 10.1. The van der Waals surface area contributed by atoms with Crippen molar-refractivity contribution in [3.05, 3.63) is 89.5 Å². The van der Waals surface area contributed by atoms with Crippen molar-refractivity contribution in [3.8, 4) is 0 Å². The van der Waals surface area contributed by atoms with E-state index in [1.54, 1.807) is 25.2 Å². The third-order valence-corrected chi connectivity index (χ3v) is 5.00. The lowest BCUT2D eigenvalue weighted by Crippen LogP contribution is -2.38. The Balaban J connectivity index is 0.00000385. The molecule has 0 bridgehead atoms. The van der Waals surface area contributed by atoms with Crippen molar-refractivity contribution < 1.29 is 4.79 Å². The molecule has 0 unspecified atom stereocenters. The van der Waals surface area contributed by atoms with Crippen LogP contribution in [0, 0.1) is 0 Å². The third-order valence-electron chi connectivity index (χ3n) is 5.00. The summed E-state index contributed by atoms with van der Waals surface area (Å²) >= 11 is 0. The first-order valence-corrected chi connectivity index (χ1v) is 10.9. The maximum atomic E-state index is 12.2. The number of carbonyl (C=O) groups excluding carboxylic acids is 1. The van der Waals surface area contributed by atoms with Gasteiger partial charge < -0.3 is 20.1 Å². The number of hydrogen-bond acceptors (Lipinski definition) is 3. The first-order valence-electron chi connectivity index (χ1n) is 10.9. The Morgan fingerprint density at radius 3 is 2.48 bits per heavy atom. The highest BCUT2D eigenvalue weighted by Crippen LogP contribution is 2.09. The van der Waals surface area contributed by atoms with Crippen molar-refractivity contribution in [2.24, 2.45) is 4.99 Å². The van der Waals surface area contributed by atoms with Crippen molar-refractivity contribution in [2.75, 3.05) is 27.2 Å². The van der Waals surface area contributed by atoms with Crippen LogP contribution in [0.5, 0.6) is 0 Å². The highest BCUT2D eigenvalue weighted by atomic mass is 127. The van der Waals surface area contributed by atoms with E-state index in [9.17, 15) is 4.79 Å². The molecular weight excluding hydrogens is 527 g/mol. The SMILES string of the molecule is CCNC(=NCc1ccc(Cn2ccnc2)cc1)NCCc1cccc(C(=O)N(C)C)c1.I. The first-order chi connectivity index (χ1) is 15.5. The molecule has 0 atom stereocenters. The summed E-state index contributed by atoms with van der Waals surface area (Å²) in [5.74, 6) is 0.807. The molecule has 0 aliphatic carbocycles. The van der Waals surface area contributed by atoms with Crippen LogP contribution in [-0.2, 0) is 19.5 Å². The van der Waals surface area contributed by atoms with Crippen molar-refractivity contribution >= 4 is 35.8 Å². The number of nitrogens with zero attached hydrogens (tertiary/aromatic N) is 4. The monoisotopic (exact) mass is 560 g/mol. The summed E-state index contributed by atoms with van der Waals surface area (Å²) in [6.45, 7) is 5.00. The molecule has 2 aromatic carbocycles. The van der Waals surface area contributed by atoms with Gasteiger partial charge in [0, 0.05) is 51.7 Å². The number of guanidine groups is 1. The lowest BCUT2D eigenvalue weighted by Gasteiger charge is -2.13. The number of carbonyl (C=O) groups is 1. The minimum Gasteiger partial charge on any atom is -0.357 e. The molecule has 1 heterocycles. The predicted molar refractivity (Wildman–Crippen MR) is 144 cm³/mol. The summed E-state index contributed by atoms with van der Waals surface area (Å²) < 4.78 is 2.05. The molecular formula is C25H33IN6O. The Hall–Kier alpha value is -2.88. The van der Waals surface area contributed by atoms with Crippen LogP contribution in [0.15, 0.2) is 72.2 Å². The van der Waals surface area contributed by atoms with Gasteiger partial charge in [0.05, 0.1) is 12.9 Å². The molecule has 7 nitrogen and oxygen atoms in total. The van der Waals surface area contributed by atoms with Crippen LogP contribution in [0.4, 0.5) is 0 Å². The highest BCUT2D eigenvalue weighted by molar-refractivity contribution is 14.0. The standard InChI is InChI=1S/C25H32N6O.HI/c1-4-27-25(28-13-12-20-6-5-7-23(16-20)24(32)30(2)3)29-17-21-8-10-22(11-9-21)18-31-15-14-26-19-31;/h5-11,14-16,19H,4,12-13,17-18H2,1-3H3,(H2,27,28,29);1H. The Bertz CT molecular complexity index is 1020. The summed E-state index contributed by atoms with van der Waals surface area (Å²) in [7, 11) is 3.53. The summed E-state index contributed by atoms with van der Waals surface area (Å²) in [4.78, 5) is 22.5. The quantitative estimate of drug-likeness (QED) is 0.239. The lowest BCUT2D eigenvalue weighted by molar-refractivity contribution is 0.0827. The average molecular weight is 560 g/mol. The second-order valence-electron chi connectivity index (χ2n) is 7.82. The van der Waals surface area contributed by atoms with E-state index >= 15 is 0 Å². The molecule has 0 saturated carbocycles. The van der Waals surface area contributed by atoms with Gasteiger partial charge in [-0.25, -0.2) is 9.98 Å². The largest absolute Gasteiger partial charge is 0.357 e. The van der Waals surface area contributed by atoms with Crippen molar-refractivity contribution in [2.45, 2.75) is 26.4 Å². The van der Waals surface area contributed by atoms with E-state index in [0.717, 1.165) is 43.1 Å². The number of nitrogens with one attached hydrogen (secondary N) is 2. The number of rotatable bonds is 9. The maximum Gasteiger partial charge on any atom is 0.253 e. The molecule has 3 rings (SSSR count). The van der Waals surface area contributed by atoms with Gasteiger partial charge >= 0.3 is 0 Å². The molecule has 2 N–H and O–H groups in total. The van der Waals surface area contributed by atoms with Gasteiger partial charge in [0.1, 0.15) is 0 Å². The molecule has 3 aromatic rings. The van der Waals surface area contributed by atoms with Crippen LogP contribution in [0.1, 0.15) is 34.0 Å². The predicted octanol–water partition coefficient (Wildman–Crippen LogP) is 3.55. The van der Waals surface area contributed by atoms with Gasteiger partial charge in [-0.1, -0.05) is 36.4 Å². The molecule has 0 fully saturated rings. The Labute approximate surface area is 213 Å². The molecule has 33 heavy (non-hydrogen) atoms. The van der Waals surface area contributed by atoms with Gasteiger partial charge in [-0.2, -0.15) is 0 Å². The van der Waals surface area contributed by atoms with Crippen molar-refractivity contribution in [1.82, 2.24) is 25.1 Å². The molecule has 0 radical (unpaired) electrons. The molecule has 1 aromatic heterocycles. The molecule has 176 valence electrons. The number of benzene rings is 2. The van der Waals surface area contributed by atoms with Crippen LogP contribution >= 0.6 is 24.0 Å². The minimum absolute atomic E-state index is 0. The Morgan fingerprint density at radius 1 is 1.06 bits per heavy atom. The highest BCUT2D eigenvalue weighted by Gasteiger charge is 2.08. The zero-order chi connectivity index (χ0) is 22.8. The van der Waals surface area contributed by atoms with Gasteiger partial charge in [-0.15, -0.1) is 24.0 Å². The van der Waals surface area contributed by atoms with E-state index in [2.05, 4.69) is 46.8 Å². The summed E-state index contributed by atoms with van der Waals surface area (Å²) in [6, 6.07) is 16.3. The van der Waals surface area contributed by atoms with E-state index < -0.39 is 0 Å². The minimum atomic E-state index is 0. The van der Waals surface area contributed by atoms with Gasteiger partial charge in [-0.3, -0.25) is 4.79 Å². The topological polar surface area (TPSA) is 74.5 Å². The van der Waals surface area contributed by atoms with Gasteiger partial charge in [0.2, 0.25) is 0 Å². The van der Waals surface area contributed by atoms with Crippen LogP contribution in [0.25, 0.3) is 0 Å². The number of aromatic nitrogens is 2. The number of halogens is 1. The number of hydrogen-bond donors (Lipinski definition) is 2. The van der Waals surface area contributed by atoms with E-state index in [-0.39, 0.29) is 29.9 Å². The number of amides is 1. The molecule has 0 aliphatic heterocycles. The fraction of sp³-hybridized carbons (Fsp3) is 0.320. The molecule has 0 spiro atoms. The van der Waals surface area contributed by atoms with Gasteiger partial charge in [-0.05, 0) is 42.2 Å². The smallest absolute Gasteiger partial charge is 0.253 e. The normalized spacial score (nSPS) is 10.9. The summed E-state index contributed by atoms with van der Waals surface area (Å²) in [5.41, 5.74) is 4.22. The Kier molecular flexibility index (Phi) is 10.9. The van der Waals surface area contributed by atoms with Gasteiger partial charge in [0.25, 0.3) is 5.91 Å². The van der Waals surface area contributed by atoms with E-state index in [4.69, 9.17) is 4.99 Å². The average Bonchev–Trinajstić information content (AvgIpc) is 3.31. The molecule has 0 saturated heterocycles. The zero-order valence-electron chi connectivity index (χ0n) is 19.5. The molecule has 8 heteroatoms. The molecule has 1 amide bonds. The van der Waals surface area contributed by atoms with E-state index in [1.165, 1.54) is 5.56 Å². The molecule has 0 aliphatic rings. The second-order valence-corrected chi connectivity index (χ2v) is 7.82. The zero-order valence-corrected chi connectivity index (χ0v) is 21.8. The van der Waals surface area contributed by atoms with Crippen LogP contribution in [0.3, 0.4) is 0 Å². The van der Waals surface area contributed by atoms with Crippen LogP contribution < -0.4 is 10.6 Å². The fourth-order valence-electron chi connectivity index (χ4n) is 3.30. The van der Waals surface area contributed by atoms with E-state index in [1.807, 2.05) is 41.4 Å². The number of aliphatic imine (C=N–C) groups is 1. The van der Waals surface area contributed by atoms with Crippen LogP contribution in [-0.4, -0.2) is 53.5 Å². The second kappa shape index (κ2) is 13.6. The number of imidazole rings is 1. The Morgan fingerprint density at radius 2 is 1.82 bits per heavy atom. The summed E-state index contributed by atoms with van der Waals surface area (Å²) in [5, 5.41) is 6.68. The van der Waals surface area contributed by atoms with Crippen molar-refractivity contribution in [3.63, 3.8) is 0 Å². The maximum absolute atomic E-state index is 12.2.